The van der Waals surface area contributed by atoms with Gasteiger partial charge in [0.1, 0.15) is 0 Å². The molecule has 1 heterocycles. The van der Waals surface area contributed by atoms with E-state index >= 15 is 0 Å². The summed E-state index contributed by atoms with van der Waals surface area (Å²) >= 11 is 0. The summed E-state index contributed by atoms with van der Waals surface area (Å²) in [7, 11) is -3.77. The Balaban J connectivity index is 1.91. The molecule has 1 fully saturated rings. The molecule has 3 aromatic rings. The molecule has 1 aromatic heterocycles. The van der Waals surface area contributed by atoms with Gasteiger partial charge in [0.2, 0.25) is 10.0 Å². The maximum Gasteiger partial charge on any atom is 0.238 e. The Hall–Kier alpha value is -2.11. The molecular formula is C21H24N2O2S. The third-order valence-corrected chi connectivity index (χ3v) is 6.63. The highest BCUT2D eigenvalue weighted by atomic mass is 32.2. The molecule has 2 aromatic carbocycles. The average Bonchev–Trinajstić information content (AvgIpc) is 3.06. The van der Waals surface area contributed by atoms with Crippen LogP contribution in [-0.2, 0) is 10.0 Å². The summed E-state index contributed by atoms with van der Waals surface area (Å²) in [6, 6.07) is 14.0. The van der Waals surface area contributed by atoms with Gasteiger partial charge in [-0.1, -0.05) is 37.5 Å². The molecule has 1 aliphatic carbocycles. The van der Waals surface area contributed by atoms with E-state index in [1.54, 1.807) is 6.07 Å². The minimum atomic E-state index is -3.77. The van der Waals surface area contributed by atoms with Crippen molar-refractivity contribution in [2.45, 2.75) is 49.8 Å². The number of hydrogen-bond acceptors (Lipinski definition) is 2. The van der Waals surface area contributed by atoms with E-state index < -0.39 is 10.0 Å². The van der Waals surface area contributed by atoms with Crippen molar-refractivity contribution < 1.29 is 8.42 Å². The standard InChI is InChI=1S/C21H24N2O2S/c1-14-18(15-7-3-2-4-8-15)11-17(13-21(14)26(22,24)25)20-12-16-9-5-6-10-19(16)23-20/h5-6,9-13,15,23H,2-4,7-8H2,1H3,(H2,22,24,25). The molecule has 0 atom stereocenters. The first kappa shape index (κ1) is 17.3. The molecular weight excluding hydrogens is 344 g/mol. The van der Waals surface area contributed by atoms with Crippen LogP contribution in [0.1, 0.15) is 49.1 Å². The highest BCUT2D eigenvalue weighted by Gasteiger charge is 2.23. The SMILES string of the molecule is Cc1c(C2CCCCC2)cc(-c2cc3ccccc3[nH]2)cc1S(N)(=O)=O. The van der Waals surface area contributed by atoms with E-state index in [-0.39, 0.29) is 4.90 Å². The highest BCUT2D eigenvalue weighted by Crippen LogP contribution is 2.38. The van der Waals surface area contributed by atoms with Gasteiger partial charge >= 0.3 is 0 Å². The molecule has 0 unspecified atom stereocenters. The maximum atomic E-state index is 12.2. The van der Waals surface area contributed by atoms with Gasteiger partial charge in [-0.25, -0.2) is 13.6 Å². The zero-order valence-electron chi connectivity index (χ0n) is 15.0. The van der Waals surface area contributed by atoms with Crippen LogP contribution in [0.2, 0.25) is 0 Å². The van der Waals surface area contributed by atoms with Crippen LogP contribution >= 0.6 is 0 Å². The minimum Gasteiger partial charge on any atom is -0.355 e. The fourth-order valence-corrected chi connectivity index (χ4v) is 5.06. The Morgan fingerprint density at radius 3 is 2.46 bits per heavy atom. The molecule has 1 saturated carbocycles. The minimum absolute atomic E-state index is 0.245. The second-order valence-electron chi connectivity index (χ2n) is 7.34. The topological polar surface area (TPSA) is 76.0 Å². The number of rotatable bonds is 3. The van der Waals surface area contributed by atoms with Crippen LogP contribution in [0.3, 0.4) is 0 Å². The second-order valence-corrected chi connectivity index (χ2v) is 8.87. The first-order valence-electron chi connectivity index (χ1n) is 9.19. The Kier molecular flexibility index (Phi) is 4.37. The van der Waals surface area contributed by atoms with Gasteiger partial charge in [0.05, 0.1) is 4.90 Å². The van der Waals surface area contributed by atoms with Crippen LogP contribution in [0.5, 0.6) is 0 Å². The van der Waals surface area contributed by atoms with E-state index in [2.05, 4.69) is 17.1 Å². The van der Waals surface area contributed by atoms with Gasteiger partial charge in [-0.15, -0.1) is 0 Å². The summed E-state index contributed by atoms with van der Waals surface area (Å²) in [6.07, 6.45) is 5.89. The van der Waals surface area contributed by atoms with Gasteiger partial charge in [-0.3, -0.25) is 0 Å². The number of para-hydroxylation sites is 1. The number of H-pyrrole nitrogens is 1. The highest BCUT2D eigenvalue weighted by molar-refractivity contribution is 7.89. The van der Waals surface area contributed by atoms with Crippen LogP contribution < -0.4 is 5.14 Å². The van der Waals surface area contributed by atoms with Crippen molar-refractivity contribution in [3.8, 4) is 11.3 Å². The first-order chi connectivity index (χ1) is 12.4. The fraction of sp³-hybridized carbons (Fsp3) is 0.333. The number of aromatic nitrogens is 1. The molecule has 136 valence electrons. The zero-order valence-corrected chi connectivity index (χ0v) is 15.8. The number of fused-ring (bicyclic) bond motifs is 1. The quantitative estimate of drug-likeness (QED) is 0.694. The van der Waals surface area contributed by atoms with Crippen molar-refractivity contribution >= 4 is 20.9 Å². The lowest BCUT2D eigenvalue weighted by atomic mass is 9.81. The molecule has 0 bridgehead atoms. The Morgan fingerprint density at radius 1 is 1.04 bits per heavy atom. The normalized spacial score (nSPS) is 16.2. The summed E-state index contributed by atoms with van der Waals surface area (Å²) in [5, 5.41) is 6.65. The first-order valence-corrected chi connectivity index (χ1v) is 10.7. The van der Waals surface area contributed by atoms with Crippen molar-refractivity contribution in [1.82, 2.24) is 4.98 Å². The Bertz CT molecular complexity index is 1030. The molecule has 3 N–H and O–H groups in total. The van der Waals surface area contributed by atoms with Gasteiger partial charge in [0.15, 0.2) is 0 Å². The third kappa shape index (κ3) is 3.17. The number of hydrogen-bond donors (Lipinski definition) is 2. The van der Waals surface area contributed by atoms with Crippen molar-refractivity contribution in [3.63, 3.8) is 0 Å². The molecule has 5 heteroatoms. The molecule has 4 nitrogen and oxygen atoms in total. The van der Waals surface area contributed by atoms with E-state index in [1.807, 2.05) is 31.2 Å². The summed E-state index contributed by atoms with van der Waals surface area (Å²) < 4.78 is 24.4. The molecule has 4 rings (SSSR count). The number of primary sulfonamides is 1. The molecule has 1 aliphatic rings. The van der Waals surface area contributed by atoms with E-state index in [0.717, 1.165) is 46.1 Å². The number of sulfonamides is 1. The predicted molar refractivity (Wildman–Crippen MR) is 106 cm³/mol. The summed E-state index contributed by atoms with van der Waals surface area (Å²) in [5.41, 5.74) is 4.79. The largest absolute Gasteiger partial charge is 0.355 e. The zero-order chi connectivity index (χ0) is 18.3. The fourth-order valence-electron chi connectivity index (χ4n) is 4.23. The van der Waals surface area contributed by atoms with Crippen LogP contribution in [0.15, 0.2) is 47.4 Å². The Morgan fingerprint density at radius 2 is 1.77 bits per heavy atom. The number of benzene rings is 2. The molecule has 0 radical (unpaired) electrons. The number of nitrogens with two attached hydrogens (primary N) is 1. The van der Waals surface area contributed by atoms with Gasteiger partial charge in [-0.2, -0.15) is 0 Å². The summed E-state index contributed by atoms with van der Waals surface area (Å²) in [4.78, 5) is 3.65. The van der Waals surface area contributed by atoms with Crippen LogP contribution in [0.25, 0.3) is 22.2 Å². The van der Waals surface area contributed by atoms with E-state index in [9.17, 15) is 8.42 Å². The van der Waals surface area contributed by atoms with Crippen LogP contribution in [0, 0.1) is 6.92 Å². The lowest BCUT2D eigenvalue weighted by Crippen LogP contribution is -2.16. The summed E-state index contributed by atoms with van der Waals surface area (Å²) in [6.45, 7) is 1.89. The molecule has 0 saturated heterocycles. The van der Waals surface area contributed by atoms with Gasteiger partial charge < -0.3 is 4.98 Å². The Labute approximate surface area is 154 Å². The van der Waals surface area contributed by atoms with Crippen LogP contribution in [-0.4, -0.2) is 13.4 Å². The maximum absolute atomic E-state index is 12.2. The van der Waals surface area contributed by atoms with Gasteiger partial charge in [0.25, 0.3) is 0 Å². The molecule has 0 aliphatic heterocycles. The number of aromatic amines is 1. The molecule has 26 heavy (non-hydrogen) atoms. The smallest absolute Gasteiger partial charge is 0.238 e. The van der Waals surface area contributed by atoms with Crippen molar-refractivity contribution in [3.05, 3.63) is 53.6 Å². The second kappa shape index (κ2) is 6.56. The summed E-state index contributed by atoms with van der Waals surface area (Å²) in [5.74, 6) is 0.411. The van der Waals surface area contributed by atoms with E-state index in [1.165, 1.54) is 19.3 Å². The van der Waals surface area contributed by atoms with Crippen LogP contribution in [0.4, 0.5) is 0 Å². The van der Waals surface area contributed by atoms with Gasteiger partial charge in [-0.05, 0) is 66.6 Å². The average molecular weight is 369 g/mol. The van der Waals surface area contributed by atoms with E-state index in [0.29, 0.717) is 5.92 Å². The lowest BCUT2D eigenvalue weighted by Gasteiger charge is -2.25. The van der Waals surface area contributed by atoms with Crippen molar-refractivity contribution in [2.24, 2.45) is 5.14 Å². The number of nitrogens with one attached hydrogen (secondary N) is 1. The van der Waals surface area contributed by atoms with Gasteiger partial charge in [0, 0.05) is 16.6 Å². The lowest BCUT2D eigenvalue weighted by molar-refractivity contribution is 0.442. The van der Waals surface area contributed by atoms with E-state index in [4.69, 9.17) is 5.14 Å². The monoisotopic (exact) mass is 368 g/mol. The van der Waals surface area contributed by atoms with Crippen molar-refractivity contribution in [1.29, 1.82) is 0 Å². The molecule has 0 amide bonds. The van der Waals surface area contributed by atoms with Crippen molar-refractivity contribution in [2.75, 3.05) is 0 Å². The predicted octanol–water partition coefficient (Wildman–Crippen LogP) is 4.84. The third-order valence-electron chi connectivity index (χ3n) is 5.59. The molecule has 0 spiro atoms.